The number of rotatable bonds is 4. The van der Waals surface area contributed by atoms with Crippen LogP contribution in [0.15, 0.2) is 24.3 Å². The summed E-state index contributed by atoms with van der Waals surface area (Å²) in [4.78, 5) is 14.4. The van der Waals surface area contributed by atoms with E-state index in [0.29, 0.717) is 6.04 Å². The molecule has 0 spiro atoms. The van der Waals surface area contributed by atoms with Gasteiger partial charge in [-0.2, -0.15) is 0 Å². The van der Waals surface area contributed by atoms with Crippen molar-refractivity contribution >= 4 is 28.5 Å². The van der Waals surface area contributed by atoms with Gasteiger partial charge in [0.05, 0.1) is 0 Å². The van der Waals surface area contributed by atoms with Crippen molar-refractivity contribution in [1.82, 2.24) is 10.2 Å². The Kier molecular flexibility index (Phi) is 4.61. The molecule has 1 saturated carbocycles. The van der Waals surface area contributed by atoms with E-state index in [-0.39, 0.29) is 5.91 Å². The highest BCUT2D eigenvalue weighted by molar-refractivity contribution is 14.1. The van der Waals surface area contributed by atoms with Gasteiger partial charge in [0.25, 0.3) is 5.91 Å². The van der Waals surface area contributed by atoms with Gasteiger partial charge in [-0.05, 0) is 85.0 Å². The monoisotopic (exact) mass is 384 g/mol. The minimum absolute atomic E-state index is 0.182. The number of benzene rings is 1. The fraction of sp³-hybridized carbons (Fsp3) is 0.562. The first kappa shape index (κ1) is 14.3. The van der Waals surface area contributed by atoms with Gasteiger partial charge in [-0.25, -0.2) is 0 Å². The normalized spacial score (nSPS) is 20.1. The smallest absolute Gasteiger partial charge is 0.253 e. The molecule has 1 saturated heterocycles. The molecule has 20 heavy (non-hydrogen) atoms. The lowest BCUT2D eigenvalue weighted by Crippen LogP contribution is -2.45. The molecule has 0 aromatic heterocycles. The summed E-state index contributed by atoms with van der Waals surface area (Å²) < 4.78 is 1.17. The second-order valence-corrected chi connectivity index (χ2v) is 7.17. The maximum Gasteiger partial charge on any atom is 0.253 e. The Hall–Kier alpha value is -0.620. The van der Waals surface area contributed by atoms with Crippen molar-refractivity contribution < 1.29 is 4.79 Å². The van der Waals surface area contributed by atoms with E-state index >= 15 is 0 Å². The van der Waals surface area contributed by atoms with Crippen LogP contribution in [0, 0.1) is 9.49 Å². The molecule has 1 aromatic carbocycles. The molecule has 108 valence electrons. The number of halogens is 1. The number of carbonyl (C=O) groups excluding carboxylic acids is 1. The van der Waals surface area contributed by atoms with E-state index in [2.05, 4.69) is 27.9 Å². The summed E-state index contributed by atoms with van der Waals surface area (Å²) in [5.41, 5.74) is 0.815. The Balaban J connectivity index is 1.49. The number of likely N-dealkylation sites (tertiary alicyclic amines) is 1. The maximum atomic E-state index is 12.4. The zero-order valence-electron chi connectivity index (χ0n) is 11.6. The standard InChI is InChI=1S/C16H21IN2O/c17-14-5-3-13(4-6-14)16(20)19-9-7-15(8-10-19)18-11-12-1-2-12/h3-6,12,15,18H,1-2,7-11H2. The molecule has 2 fully saturated rings. The third-order valence-corrected chi connectivity index (χ3v) is 4.98. The number of piperidine rings is 1. The predicted molar refractivity (Wildman–Crippen MR) is 88.8 cm³/mol. The molecular weight excluding hydrogens is 363 g/mol. The molecule has 1 amide bonds. The van der Waals surface area contributed by atoms with E-state index in [1.807, 2.05) is 29.2 Å². The predicted octanol–water partition coefficient (Wildman–Crippen LogP) is 2.90. The topological polar surface area (TPSA) is 32.3 Å². The number of nitrogens with zero attached hydrogens (tertiary/aromatic N) is 1. The van der Waals surface area contributed by atoms with Gasteiger partial charge in [-0.15, -0.1) is 0 Å². The molecule has 0 atom stereocenters. The Morgan fingerprint density at radius 3 is 2.40 bits per heavy atom. The zero-order chi connectivity index (χ0) is 13.9. The lowest BCUT2D eigenvalue weighted by atomic mass is 10.0. The van der Waals surface area contributed by atoms with Crippen LogP contribution in [0.3, 0.4) is 0 Å². The molecule has 1 heterocycles. The van der Waals surface area contributed by atoms with Crippen molar-refractivity contribution in [3.8, 4) is 0 Å². The molecule has 3 nitrogen and oxygen atoms in total. The molecule has 1 aromatic rings. The SMILES string of the molecule is O=C(c1ccc(I)cc1)N1CCC(NCC2CC2)CC1. The molecule has 1 aliphatic heterocycles. The van der Waals surface area contributed by atoms with Crippen LogP contribution in [0.4, 0.5) is 0 Å². The van der Waals surface area contributed by atoms with Crippen molar-refractivity contribution in [2.75, 3.05) is 19.6 Å². The fourth-order valence-corrected chi connectivity index (χ4v) is 3.08. The van der Waals surface area contributed by atoms with E-state index in [1.165, 1.54) is 23.0 Å². The van der Waals surface area contributed by atoms with Gasteiger partial charge in [0.2, 0.25) is 0 Å². The largest absolute Gasteiger partial charge is 0.339 e. The van der Waals surface area contributed by atoms with Gasteiger partial charge in [-0.1, -0.05) is 0 Å². The number of amides is 1. The first-order valence-electron chi connectivity index (χ1n) is 7.50. The van der Waals surface area contributed by atoms with Gasteiger partial charge in [-0.3, -0.25) is 4.79 Å². The quantitative estimate of drug-likeness (QED) is 0.810. The minimum Gasteiger partial charge on any atom is -0.339 e. The summed E-state index contributed by atoms with van der Waals surface area (Å²) in [5, 5.41) is 3.65. The summed E-state index contributed by atoms with van der Waals surface area (Å²) in [6, 6.07) is 8.47. The summed E-state index contributed by atoms with van der Waals surface area (Å²) in [5.74, 6) is 1.11. The summed E-state index contributed by atoms with van der Waals surface area (Å²) in [6.45, 7) is 2.94. The number of nitrogens with one attached hydrogen (secondary N) is 1. The molecule has 4 heteroatoms. The van der Waals surface area contributed by atoms with E-state index in [0.717, 1.165) is 37.4 Å². The number of hydrogen-bond acceptors (Lipinski definition) is 2. The van der Waals surface area contributed by atoms with Crippen LogP contribution in [-0.4, -0.2) is 36.5 Å². The summed E-state index contributed by atoms with van der Waals surface area (Å²) in [6.07, 6.45) is 4.97. The Bertz CT molecular complexity index is 462. The first-order valence-corrected chi connectivity index (χ1v) is 8.58. The van der Waals surface area contributed by atoms with Crippen molar-refractivity contribution in [2.45, 2.75) is 31.7 Å². The van der Waals surface area contributed by atoms with Crippen LogP contribution in [0.25, 0.3) is 0 Å². The van der Waals surface area contributed by atoms with Gasteiger partial charge in [0.1, 0.15) is 0 Å². The highest BCUT2D eigenvalue weighted by Crippen LogP contribution is 2.28. The van der Waals surface area contributed by atoms with Crippen LogP contribution in [0.1, 0.15) is 36.0 Å². The van der Waals surface area contributed by atoms with E-state index in [4.69, 9.17) is 0 Å². The lowest BCUT2D eigenvalue weighted by Gasteiger charge is -2.32. The molecule has 1 N–H and O–H groups in total. The third-order valence-electron chi connectivity index (χ3n) is 4.27. The van der Waals surface area contributed by atoms with Crippen molar-refractivity contribution in [3.05, 3.63) is 33.4 Å². The lowest BCUT2D eigenvalue weighted by molar-refractivity contribution is 0.0705. The van der Waals surface area contributed by atoms with Crippen molar-refractivity contribution in [1.29, 1.82) is 0 Å². The molecule has 0 radical (unpaired) electrons. The highest BCUT2D eigenvalue weighted by atomic mass is 127. The molecular formula is C16H21IN2O. The van der Waals surface area contributed by atoms with E-state index < -0.39 is 0 Å². The average molecular weight is 384 g/mol. The second-order valence-electron chi connectivity index (χ2n) is 5.92. The van der Waals surface area contributed by atoms with Crippen LogP contribution >= 0.6 is 22.6 Å². The molecule has 2 aliphatic rings. The first-order chi connectivity index (χ1) is 9.72. The zero-order valence-corrected chi connectivity index (χ0v) is 13.8. The van der Waals surface area contributed by atoms with Crippen LogP contribution < -0.4 is 5.32 Å². The minimum atomic E-state index is 0.182. The van der Waals surface area contributed by atoms with Crippen molar-refractivity contribution in [3.63, 3.8) is 0 Å². The number of carbonyl (C=O) groups is 1. The van der Waals surface area contributed by atoms with Gasteiger partial charge < -0.3 is 10.2 Å². The van der Waals surface area contributed by atoms with Gasteiger partial charge in [0, 0.05) is 28.3 Å². The molecule has 1 aliphatic carbocycles. The highest BCUT2D eigenvalue weighted by Gasteiger charge is 2.26. The molecule has 0 bridgehead atoms. The molecule has 0 unspecified atom stereocenters. The van der Waals surface area contributed by atoms with Gasteiger partial charge in [0.15, 0.2) is 0 Å². The third kappa shape index (κ3) is 3.73. The van der Waals surface area contributed by atoms with Gasteiger partial charge >= 0.3 is 0 Å². The summed E-state index contributed by atoms with van der Waals surface area (Å²) in [7, 11) is 0. The Morgan fingerprint density at radius 1 is 1.15 bits per heavy atom. The van der Waals surface area contributed by atoms with Crippen LogP contribution in [-0.2, 0) is 0 Å². The molecule has 3 rings (SSSR count). The number of hydrogen-bond donors (Lipinski definition) is 1. The Morgan fingerprint density at radius 2 is 1.80 bits per heavy atom. The fourth-order valence-electron chi connectivity index (χ4n) is 2.72. The summed E-state index contributed by atoms with van der Waals surface area (Å²) >= 11 is 2.26. The van der Waals surface area contributed by atoms with E-state index in [1.54, 1.807) is 0 Å². The van der Waals surface area contributed by atoms with Crippen LogP contribution in [0.5, 0.6) is 0 Å². The maximum absolute atomic E-state index is 12.4. The average Bonchev–Trinajstić information content (AvgIpc) is 3.30. The van der Waals surface area contributed by atoms with Crippen LogP contribution in [0.2, 0.25) is 0 Å². The Labute approximate surface area is 134 Å². The van der Waals surface area contributed by atoms with Crippen molar-refractivity contribution in [2.24, 2.45) is 5.92 Å². The van der Waals surface area contributed by atoms with E-state index in [9.17, 15) is 4.79 Å². The second kappa shape index (κ2) is 6.43.